The summed E-state index contributed by atoms with van der Waals surface area (Å²) in [4.78, 5) is 0. The summed E-state index contributed by atoms with van der Waals surface area (Å²) in [6, 6.07) is 13.3. The third kappa shape index (κ3) is 4.91. The summed E-state index contributed by atoms with van der Waals surface area (Å²) in [5.41, 5.74) is 9.15. The summed E-state index contributed by atoms with van der Waals surface area (Å²) in [5, 5.41) is 34.9. The van der Waals surface area contributed by atoms with Gasteiger partial charge in [-0.3, -0.25) is 0 Å². The summed E-state index contributed by atoms with van der Waals surface area (Å²) in [7, 11) is 0. The van der Waals surface area contributed by atoms with E-state index in [1.165, 1.54) is 12.4 Å². The predicted molar refractivity (Wildman–Crippen MR) is 107 cm³/mol. The van der Waals surface area contributed by atoms with Crippen LogP contribution in [0.4, 0.5) is 0 Å². The number of para-hydroxylation sites is 2. The van der Waals surface area contributed by atoms with E-state index in [1.54, 1.807) is 48.6 Å². The number of nitrogens with one attached hydrogen (secondary N) is 2. The maximum absolute atomic E-state index is 10.00. The molecule has 0 saturated carbocycles. The lowest BCUT2D eigenvalue weighted by atomic mass is 9.92. The molecule has 0 atom stereocenters. The molecule has 0 aliphatic rings. The third-order valence-corrected chi connectivity index (χ3v) is 4.03. The van der Waals surface area contributed by atoms with Gasteiger partial charge in [0.15, 0.2) is 0 Å². The zero-order valence-corrected chi connectivity index (χ0v) is 14.4. The van der Waals surface area contributed by atoms with Crippen LogP contribution in [0.15, 0.2) is 59.7 Å². The Kier molecular flexibility index (Phi) is 6.88. The molecule has 0 unspecified atom stereocenters. The van der Waals surface area contributed by atoms with Crippen molar-refractivity contribution < 1.29 is 10.2 Å². The number of nitrogens with two attached hydrogens (primary N) is 1. The number of phenolic OH excluding ortho intramolecular Hbond substituents is 2. The lowest BCUT2D eigenvalue weighted by Crippen LogP contribution is -2.26. The van der Waals surface area contributed by atoms with Crippen LogP contribution in [0.5, 0.6) is 11.5 Å². The molecule has 0 aliphatic heterocycles. The van der Waals surface area contributed by atoms with E-state index in [4.69, 9.17) is 16.6 Å². The first-order chi connectivity index (χ1) is 12.6. The van der Waals surface area contributed by atoms with Gasteiger partial charge in [-0.25, -0.2) is 0 Å². The highest BCUT2D eigenvalue weighted by atomic mass is 16.3. The third-order valence-electron chi connectivity index (χ3n) is 4.03. The van der Waals surface area contributed by atoms with Gasteiger partial charge >= 0.3 is 0 Å². The van der Waals surface area contributed by atoms with Gasteiger partial charge in [0.1, 0.15) is 11.5 Å². The highest BCUT2D eigenvalue weighted by Crippen LogP contribution is 2.26. The van der Waals surface area contributed by atoms with Gasteiger partial charge in [0.2, 0.25) is 0 Å². The van der Waals surface area contributed by atoms with Crippen molar-refractivity contribution in [2.24, 2.45) is 5.73 Å². The van der Waals surface area contributed by atoms with Crippen molar-refractivity contribution in [3.63, 3.8) is 0 Å². The fourth-order valence-corrected chi connectivity index (χ4v) is 2.64. The molecule has 134 valence electrons. The summed E-state index contributed by atoms with van der Waals surface area (Å²) in [6.07, 6.45) is 6.71. The Hall–Kier alpha value is -3.18. The smallest absolute Gasteiger partial charge is 0.122 e. The Balaban J connectivity index is 2.45. The lowest BCUT2D eigenvalue weighted by Gasteiger charge is -2.19. The highest BCUT2D eigenvalue weighted by molar-refractivity contribution is 5.72. The Bertz CT molecular complexity index is 771. The Morgan fingerprint density at radius 3 is 1.54 bits per heavy atom. The van der Waals surface area contributed by atoms with E-state index in [0.29, 0.717) is 24.0 Å². The lowest BCUT2D eigenvalue weighted by molar-refractivity contribution is 0.473. The van der Waals surface area contributed by atoms with Crippen molar-refractivity contribution in [3.8, 4) is 11.5 Å². The first-order valence-corrected chi connectivity index (χ1v) is 8.27. The number of benzene rings is 2. The average molecular weight is 349 g/mol. The van der Waals surface area contributed by atoms with Crippen LogP contribution in [0.2, 0.25) is 0 Å². The van der Waals surface area contributed by atoms with Crippen LogP contribution >= 0.6 is 0 Å². The van der Waals surface area contributed by atoms with Crippen LogP contribution in [0.25, 0.3) is 12.2 Å². The first kappa shape index (κ1) is 19.1. The van der Waals surface area contributed by atoms with Gasteiger partial charge in [0, 0.05) is 30.0 Å². The molecule has 2 aromatic carbocycles. The quantitative estimate of drug-likeness (QED) is 0.464. The largest absolute Gasteiger partial charge is 0.507 e. The molecule has 2 aromatic rings. The number of hydrogen-bond donors (Lipinski definition) is 5. The molecule has 0 aliphatic carbocycles. The van der Waals surface area contributed by atoms with Crippen molar-refractivity contribution in [1.82, 2.24) is 0 Å². The van der Waals surface area contributed by atoms with Gasteiger partial charge in [-0.2, -0.15) is 0 Å². The summed E-state index contributed by atoms with van der Waals surface area (Å²) < 4.78 is 0. The van der Waals surface area contributed by atoms with Gasteiger partial charge in [0.25, 0.3) is 0 Å². The van der Waals surface area contributed by atoms with Crippen molar-refractivity contribution in [3.05, 3.63) is 70.8 Å². The van der Waals surface area contributed by atoms with Crippen molar-refractivity contribution in [1.29, 1.82) is 10.8 Å². The molecule has 5 nitrogen and oxygen atoms in total. The monoisotopic (exact) mass is 349 g/mol. The Labute approximate surface area is 153 Å². The summed E-state index contributed by atoms with van der Waals surface area (Å²) in [6.45, 7) is 0. The maximum atomic E-state index is 10.00. The molecule has 0 heterocycles. The second-order valence-electron chi connectivity index (χ2n) is 5.85. The first-order valence-electron chi connectivity index (χ1n) is 8.27. The molecular weight excluding hydrogens is 326 g/mol. The minimum absolute atomic E-state index is 0.139. The van der Waals surface area contributed by atoms with E-state index >= 15 is 0 Å². The Morgan fingerprint density at radius 1 is 0.808 bits per heavy atom. The van der Waals surface area contributed by atoms with Gasteiger partial charge in [-0.1, -0.05) is 36.4 Å². The van der Waals surface area contributed by atoms with Crippen LogP contribution in [0, 0.1) is 10.8 Å². The normalized spacial score (nSPS) is 13.3. The van der Waals surface area contributed by atoms with Crippen LogP contribution < -0.4 is 5.73 Å². The van der Waals surface area contributed by atoms with E-state index in [1.807, 2.05) is 12.1 Å². The molecule has 2 rings (SSSR count). The molecule has 0 amide bonds. The highest BCUT2D eigenvalue weighted by Gasteiger charge is 2.15. The van der Waals surface area contributed by atoms with Crippen LogP contribution in [-0.2, 0) is 0 Å². The molecule has 0 bridgehead atoms. The maximum Gasteiger partial charge on any atom is 0.122 e. The summed E-state index contributed by atoms with van der Waals surface area (Å²) >= 11 is 0. The molecular formula is C21H23N3O2. The zero-order valence-electron chi connectivity index (χ0n) is 14.4. The number of hydrogen-bond acceptors (Lipinski definition) is 5. The molecule has 6 N–H and O–H groups in total. The van der Waals surface area contributed by atoms with Crippen LogP contribution in [0.1, 0.15) is 24.0 Å². The van der Waals surface area contributed by atoms with Crippen molar-refractivity contribution >= 4 is 24.6 Å². The molecule has 5 heteroatoms. The van der Waals surface area contributed by atoms with E-state index in [-0.39, 0.29) is 11.5 Å². The van der Waals surface area contributed by atoms with Gasteiger partial charge in [-0.05, 0) is 47.9 Å². The Morgan fingerprint density at radius 2 is 1.19 bits per heavy atom. The minimum atomic E-state index is -0.544. The number of rotatable bonds is 8. The topological polar surface area (TPSA) is 114 Å². The number of aromatic hydroxyl groups is 2. The van der Waals surface area contributed by atoms with E-state index in [0.717, 1.165) is 11.1 Å². The zero-order chi connectivity index (χ0) is 18.9. The van der Waals surface area contributed by atoms with Gasteiger partial charge in [0.05, 0.1) is 0 Å². The molecule has 0 fully saturated rings. The molecule has 0 spiro atoms. The fraction of sp³-hybridized carbons (Fsp3) is 0.143. The van der Waals surface area contributed by atoms with E-state index in [2.05, 4.69) is 0 Å². The predicted octanol–water partition coefficient (Wildman–Crippen LogP) is 3.97. The average Bonchev–Trinajstić information content (AvgIpc) is 2.64. The van der Waals surface area contributed by atoms with Gasteiger partial charge < -0.3 is 26.8 Å². The SMILES string of the molecule is N=CC/C(=C\c1ccccc1O)C(N)/C(=C/c1ccccc1O)CC=N. The van der Waals surface area contributed by atoms with E-state index < -0.39 is 6.04 Å². The minimum Gasteiger partial charge on any atom is -0.507 e. The van der Waals surface area contributed by atoms with Crippen LogP contribution in [-0.4, -0.2) is 28.7 Å². The number of phenols is 2. The molecule has 0 saturated heterocycles. The van der Waals surface area contributed by atoms with Crippen LogP contribution in [0.3, 0.4) is 0 Å². The second kappa shape index (κ2) is 9.34. The van der Waals surface area contributed by atoms with Crippen molar-refractivity contribution in [2.75, 3.05) is 0 Å². The molecule has 0 radical (unpaired) electrons. The molecule has 26 heavy (non-hydrogen) atoms. The fourth-order valence-electron chi connectivity index (χ4n) is 2.64. The van der Waals surface area contributed by atoms with Crippen molar-refractivity contribution in [2.45, 2.75) is 18.9 Å². The van der Waals surface area contributed by atoms with E-state index in [9.17, 15) is 10.2 Å². The standard InChI is InChI=1S/C21H23N3O2/c22-11-9-17(13-15-5-1-3-7-19(15)25)21(24)18(10-12-23)14-16-6-2-4-8-20(16)26/h1-8,11-14,21-23,25-26H,9-10,24H2/b17-13+,18-14+,22-11?,23-12?. The molecule has 0 aromatic heterocycles. The summed E-state index contributed by atoms with van der Waals surface area (Å²) in [5.74, 6) is 0.279. The second-order valence-corrected chi connectivity index (χ2v) is 5.85. The van der Waals surface area contributed by atoms with Gasteiger partial charge in [-0.15, -0.1) is 0 Å².